The largest absolute Gasteiger partial charge is 0.354 e. The smallest absolute Gasteiger partial charge is 0.0541 e. The molecule has 4 aromatic carbocycles. The lowest BCUT2D eigenvalue weighted by Crippen LogP contribution is -2.01. The van der Waals surface area contributed by atoms with E-state index in [0.717, 1.165) is 0 Å². The Bertz CT molecular complexity index is 1280. The molecular formula is C24H16N2S. The number of fused-ring (bicyclic) bond motifs is 5. The molecule has 0 atom stereocenters. The molecule has 1 aromatic heterocycles. The molecular weight excluding hydrogens is 348 g/mol. The van der Waals surface area contributed by atoms with Gasteiger partial charge in [0.05, 0.1) is 22.4 Å². The zero-order chi connectivity index (χ0) is 17.8. The number of benzene rings is 4. The SMILES string of the molecule is c1ccc2c(c1)Nc1ccc(-n3c4ccccc4c4ccccc43)cc1S2. The topological polar surface area (TPSA) is 17.0 Å². The molecule has 0 spiro atoms. The maximum absolute atomic E-state index is 3.56. The first-order valence-electron chi connectivity index (χ1n) is 9.05. The first-order valence-corrected chi connectivity index (χ1v) is 9.87. The van der Waals surface area contributed by atoms with Gasteiger partial charge in [-0.05, 0) is 42.5 Å². The molecule has 5 aromatic rings. The fourth-order valence-corrected chi connectivity index (χ4v) is 4.98. The number of para-hydroxylation sites is 3. The van der Waals surface area contributed by atoms with Crippen LogP contribution in [0.25, 0.3) is 27.5 Å². The Morgan fingerprint density at radius 3 is 2.00 bits per heavy atom. The van der Waals surface area contributed by atoms with Gasteiger partial charge < -0.3 is 9.88 Å². The third-order valence-corrected chi connectivity index (χ3v) is 6.31. The van der Waals surface area contributed by atoms with Crippen molar-refractivity contribution in [3.05, 3.63) is 91.0 Å². The van der Waals surface area contributed by atoms with Crippen molar-refractivity contribution < 1.29 is 0 Å². The van der Waals surface area contributed by atoms with Gasteiger partial charge in [0.25, 0.3) is 0 Å². The van der Waals surface area contributed by atoms with Crippen LogP contribution in [-0.4, -0.2) is 4.57 Å². The van der Waals surface area contributed by atoms with Crippen molar-refractivity contribution in [3.8, 4) is 5.69 Å². The van der Waals surface area contributed by atoms with Gasteiger partial charge in [0.15, 0.2) is 0 Å². The first-order chi connectivity index (χ1) is 13.4. The fraction of sp³-hybridized carbons (Fsp3) is 0. The minimum Gasteiger partial charge on any atom is -0.354 e. The van der Waals surface area contributed by atoms with Gasteiger partial charge in [-0.25, -0.2) is 0 Å². The second-order valence-electron chi connectivity index (χ2n) is 6.77. The van der Waals surface area contributed by atoms with E-state index < -0.39 is 0 Å². The van der Waals surface area contributed by atoms with Crippen LogP contribution < -0.4 is 5.32 Å². The summed E-state index contributed by atoms with van der Waals surface area (Å²) in [5, 5.41) is 6.14. The maximum atomic E-state index is 3.56. The van der Waals surface area contributed by atoms with E-state index in [-0.39, 0.29) is 0 Å². The summed E-state index contributed by atoms with van der Waals surface area (Å²) in [5.74, 6) is 0. The van der Waals surface area contributed by atoms with Crippen LogP contribution in [0.3, 0.4) is 0 Å². The van der Waals surface area contributed by atoms with E-state index >= 15 is 0 Å². The van der Waals surface area contributed by atoms with E-state index in [1.54, 1.807) is 0 Å². The van der Waals surface area contributed by atoms with Crippen LogP contribution in [0.2, 0.25) is 0 Å². The normalized spacial score (nSPS) is 12.6. The lowest BCUT2D eigenvalue weighted by molar-refractivity contribution is 1.16. The Morgan fingerprint density at radius 1 is 0.593 bits per heavy atom. The molecule has 0 fully saturated rings. The number of rotatable bonds is 1. The highest BCUT2D eigenvalue weighted by Crippen LogP contribution is 2.45. The molecule has 128 valence electrons. The summed E-state index contributed by atoms with van der Waals surface area (Å²) in [5.41, 5.74) is 6.03. The standard InChI is InChI=1S/C24H16N2S/c1-4-10-21-17(7-1)18-8-2-5-11-22(18)26(21)16-13-14-20-24(15-16)27-23-12-6-3-9-19(23)25-20/h1-15,25H. The summed E-state index contributed by atoms with van der Waals surface area (Å²) in [7, 11) is 0. The van der Waals surface area contributed by atoms with E-state index in [1.807, 2.05) is 11.8 Å². The van der Waals surface area contributed by atoms with Gasteiger partial charge in [0.1, 0.15) is 0 Å². The molecule has 1 aliphatic rings. The van der Waals surface area contributed by atoms with Crippen LogP contribution in [0.1, 0.15) is 0 Å². The van der Waals surface area contributed by atoms with Crippen LogP contribution in [-0.2, 0) is 0 Å². The van der Waals surface area contributed by atoms with Gasteiger partial charge in [0, 0.05) is 26.3 Å². The highest BCUT2D eigenvalue weighted by molar-refractivity contribution is 7.99. The Morgan fingerprint density at radius 2 is 1.22 bits per heavy atom. The van der Waals surface area contributed by atoms with Crippen LogP contribution >= 0.6 is 11.8 Å². The van der Waals surface area contributed by atoms with E-state index in [1.165, 1.54) is 48.7 Å². The lowest BCUT2D eigenvalue weighted by atomic mass is 10.2. The maximum Gasteiger partial charge on any atom is 0.0541 e. The predicted molar refractivity (Wildman–Crippen MR) is 115 cm³/mol. The number of anilines is 2. The zero-order valence-electron chi connectivity index (χ0n) is 14.5. The summed E-state index contributed by atoms with van der Waals surface area (Å²) >= 11 is 1.83. The predicted octanol–water partition coefficient (Wildman–Crippen LogP) is 6.99. The number of nitrogens with zero attached hydrogens (tertiary/aromatic N) is 1. The van der Waals surface area contributed by atoms with E-state index in [4.69, 9.17) is 0 Å². The number of hydrogen-bond acceptors (Lipinski definition) is 2. The Kier molecular flexibility index (Phi) is 3.13. The van der Waals surface area contributed by atoms with Gasteiger partial charge in [-0.2, -0.15) is 0 Å². The molecule has 0 aliphatic carbocycles. The van der Waals surface area contributed by atoms with Crippen molar-refractivity contribution in [1.29, 1.82) is 0 Å². The number of nitrogens with one attached hydrogen (secondary N) is 1. The monoisotopic (exact) mass is 364 g/mol. The Hall–Kier alpha value is -3.17. The molecule has 27 heavy (non-hydrogen) atoms. The van der Waals surface area contributed by atoms with Crippen molar-refractivity contribution in [2.24, 2.45) is 0 Å². The second-order valence-corrected chi connectivity index (χ2v) is 7.86. The molecule has 0 saturated carbocycles. The Labute approximate surface area is 161 Å². The summed E-state index contributed by atoms with van der Waals surface area (Å²) in [6, 6.07) is 32.4. The summed E-state index contributed by atoms with van der Waals surface area (Å²) in [6.45, 7) is 0. The molecule has 3 heteroatoms. The first kappa shape index (κ1) is 14.9. The molecule has 0 amide bonds. The zero-order valence-corrected chi connectivity index (χ0v) is 15.3. The average molecular weight is 364 g/mol. The number of hydrogen-bond donors (Lipinski definition) is 1. The van der Waals surface area contributed by atoms with Crippen LogP contribution in [0.4, 0.5) is 11.4 Å². The van der Waals surface area contributed by atoms with Gasteiger partial charge in [-0.1, -0.05) is 60.3 Å². The molecule has 1 aliphatic heterocycles. The molecule has 1 N–H and O–H groups in total. The van der Waals surface area contributed by atoms with Crippen LogP contribution in [0.15, 0.2) is 101 Å². The Balaban J connectivity index is 1.59. The summed E-state index contributed by atoms with van der Waals surface area (Å²) in [4.78, 5) is 2.53. The fourth-order valence-electron chi connectivity index (χ4n) is 3.96. The van der Waals surface area contributed by atoms with Gasteiger partial charge >= 0.3 is 0 Å². The summed E-state index contributed by atoms with van der Waals surface area (Å²) in [6.07, 6.45) is 0. The van der Waals surface area contributed by atoms with Gasteiger partial charge in [-0.3, -0.25) is 0 Å². The molecule has 0 saturated heterocycles. The van der Waals surface area contributed by atoms with Crippen molar-refractivity contribution >= 4 is 44.9 Å². The summed E-state index contributed by atoms with van der Waals surface area (Å²) < 4.78 is 2.37. The molecule has 0 unspecified atom stereocenters. The van der Waals surface area contributed by atoms with Crippen molar-refractivity contribution in [2.45, 2.75) is 9.79 Å². The van der Waals surface area contributed by atoms with Gasteiger partial charge in [-0.15, -0.1) is 0 Å². The van der Waals surface area contributed by atoms with Crippen molar-refractivity contribution in [1.82, 2.24) is 4.57 Å². The third kappa shape index (κ3) is 2.22. The minimum absolute atomic E-state index is 1.17. The van der Waals surface area contributed by atoms with Crippen LogP contribution in [0.5, 0.6) is 0 Å². The molecule has 0 radical (unpaired) electrons. The molecule has 0 bridgehead atoms. The molecule has 6 rings (SSSR count). The van der Waals surface area contributed by atoms with E-state index in [9.17, 15) is 0 Å². The second kappa shape index (κ2) is 5.66. The van der Waals surface area contributed by atoms with Gasteiger partial charge in [0.2, 0.25) is 0 Å². The lowest BCUT2D eigenvalue weighted by Gasteiger charge is -2.21. The molecule has 2 nitrogen and oxygen atoms in total. The average Bonchev–Trinajstić information content (AvgIpc) is 3.06. The quantitative estimate of drug-likeness (QED) is 0.338. The van der Waals surface area contributed by atoms with Crippen molar-refractivity contribution in [3.63, 3.8) is 0 Å². The highest BCUT2D eigenvalue weighted by atomic mass is 32.2. The molecule has 2 heterocycles. The minimum atomic E-state index is 1.17. The van der Waals surface area contributed by atoms with E-state index in [2.05, 4.69) is 101 Å². The number of aromatic nitrogens is 1. The van der Waals surface area contributed by atoms with Crippen LogP contribution in [0, 0.1) is 0 Å². The highest BCUT2D eigenvalue weighted by Gasteiger charge is 2.17. The third-order valence-electron chi connectivity index (χ3n) is 5.18. The van der Waals surface area contributed by atoms with E-state index in [0.29, 0.717) is 0 Å². The van der Waals surface area contributed by atoms with Crippen molar-refractivity contribution in [2.75, 3.05) is 5.32 Å².